The van der Waals surface area contributed by atoms with E-state index >= 15 is 0 Å². The van der Waals surface area contributed by atoms with E-state index in [1.165, 1.54) is 0 Å². The van der Waals surface area contributed by atoms with Crippen LogP contribution in [-0.4, -0.2) is 75.8 Å². The quantitative estimate of drug-likeness (QED) is 0.208. The molecule has 0 fully saturated rings. The van der Waals surface area contributed by atoms with E-state index in [1.807, 2.05) is 0 Å². The molecule has 0 aliphatic carbocycles. The Labute approximate surface area is 133 Å². The number of hydrogen-bond acceptors (Lipinski definition) is 6. The summed E-state index contributed by atoms with van der Waals surface area (Å²) in [7, 11) is 0. The standard InChI is InChI=1S/C13H23N3O7/c14-5-2-1-3-9(15)13(23)16(7-11(19)20,8-12(21)22)6-4-10(17)18/h9H,1-8,14-15H2,(H2-,17,18,19,20,21,22)/p+1/t9-/m0/s1. The molecule has 132 valence electrons. The molecule has 0 saturated carbocycles. The molecule has 0 rings (SSSR count). The molecule has 1 amide bonds. The van der Waals surface area contributed by atoms with Gasteiger partial charge in [0.05, 0.1) is 13.0 Å². The van der Waals surface area contributed by atoms with Gasteiger partial charge in [0.15, 0.2) is 13.1 Å². The number of amides is 1. The normalized spacial score (nSPS) is 12.6. The van der Waals surface area contributed by atoms with Gasteiger partial charge >= 0.3 is 23.8 Å². The zero-order valence-electron chi connectivity index (χ0n) is 12.8. The lowest BCUT2D eigenvalue weighted by atomic mass is 10.1. The van der Waals surface area contributed by atoms with E-state index in [9.17, 15) is 19.2 Å². The van der Waals surface area contributed by atoms with Crippen LogP contribution < -0.4 is 11.5 Å². The van der Waals surface area contributed by atoms with Crippen molar-refractivity contribution in [2.24, 2.45) is 11.5 Å². The minimum atomic E-state index is -1.40. The second-order valence-electron chi connectivity index (χ2n) is 5.35. The molecule has 0 aromatic heterocycles. The molecule has 7 N–H and O–H groups in total. The summed E-state index contributed by atoms with van der Waals surface area (Å²) in [6, 6.07) is -1.07. The number of carbonyl (C=O) groups is 4. The van der Waals surface area contributed by atoms with Crippen LogP contribution in [0.2, 0.25) is 0 Å². The summed E-state index contributed by atoms with van der Waals surface area (Å²) in [5.41, 5.74) is 11.1. The van der Waals surface area contributed by atoms with E-state index in [0.29, 0.717) is 19.4 Å². The summed E-state index contributed by atoms with van der Waals surface area (Å²) in [5.74, 6) is -4.85. The van der Waals surface area contributed by atoms with Gasteiger partial charge in [-0.1, -0.05) is 0 Å². The van der Waals surface area contributed by atoms with Crippen molar-refractivity contribution < 1.29 is 39.0 Å². The Morgan fingerprint density at radius 1 is 0.913 bits per heavy atom. The number of carboxylic acids is 3. The summed E-state index contributed by atoms with van der Waals surface area (Å²) < 4.78 is -1.03. The van der Waals surface area contributed by atoms with E-state index in [-0.39, 0.29) is 6.42 Å². The molecule has 0 aliphatic heterocycles. The average Bonchev–Trinajstić information content (AvgIpc) is 2.42. The van der Waals surface area contributed by atoms with Crippen LogP contribution in [0, 0.1) is 0 Å². The molecule has 1 atom stereocenters. The van der Waals surface area contributed by atoms with E-state index in [0.717, 1.165) is 0 Å². The largest absolute Gasteiger partial charge is 0.481 e. The highest BCUT2D eigenvalue weighted by molar-refractivity contribution is 5.81. The molecular weight excluding hydrogens is 310 g/mol. The van der Waals surface area contributed by atoms with Gasteiger partial charge < -0.3 is 26.8 Å². The highest BCUT2D eigenvalue weighted by Crippen LogP contribution is 2.14. The Balaban J connectivity index is 5.38. The molecule has 0 aliphatic rings. The summed E-state index contributed by atoms with van der Waals surface area (Å²) in [6.45, 7) is -1.70. The fourth-order valence-corrected chi connectivity index (χ4v) is 2.29. The van der Waals surface area contributed by atoms with Gasteiger partial charge in [0.2, 0.25) is 0 Å². The van der Waals surface area contributed by atoms with Crippen LogP contribution >= 0.6 is 0 Å². The fourth-order valence-electron chi connectivity index (χ4n) is 2.29. The summed E-state index contributed by atoms with van der Waals surface area (Å²) in [5, 5.41) is 26.8. The lowest BCUT2D eigenvalue weighted by Gasteiger charge is -2.34. The van der Waals surface area contributed by atoms with Gasteiger partial charge in [-0.2, -0.15) is 0 Å². The Morgan fingerprint density at radius 2 is 1.43 bits per heavy atom. The maximum Gasteiger partial charge on any atom is 0.359 e. The number of nitrogens with zero attached hydrogens (tertiary/aromatic N) is 1. The van der Waals surface area contributed by atoms with Crippen molar-refractivity contribution in [2.45, 2.75) is 31.7 Å². The van der Waals surface area contributed by atoms with Crippen molar-refractivity contribution in [3.8, 4) is 0 Å². The van der Waals surface area contributed by atoms with Crippen LogP contribution in [0.4, 0.5) is 0 Å². The number of rotatable bonds is 12. The van der Waals surface area contributed by atoms with Crippen molar-refractivity contribution in [1.82, 2.24) is 0 Å². The van der Waals surface area contributed by atoms with Crippen LogP contribution in [0.3, 0.4) is 0 Å². The van der Waals surface area contributed by atoms with Gasteiger partial charge in [0, 0.05) is 0 Å². The maximum atomic E-state index is 12.5. The monoisotopic (exact) mass is 334 g/mol. The Bertz CT molecular complexity index is 437. The smallest absolute Gasteiger partial charge is 0.359 e. The Kier molecular flexibility index (Phi) is 9.00. The topological polar surface area (TPSA) is 181 Å². The zero-order chi connectivity index (χ0) is 18.0. The van der Waals surface area contributed by atoms with Crippen molar-refractivity contribution in [3.63, 3.8) is 0 Å². The SMILES string of the molecule is NCCCC[C@H](N)C(=O)[N+](CCC(=O)O)(CC(=O)O)CC(=O)O. The van der Waals surface area contributed by atoms with Gasteiger partial charge in [0.25, 0.3) is 0 Å². The molecule has 10 nitrogen and oxygen atoms in total. The first-order valence-corrected chi connectivity index (χ1v) is 7.16. The first-order valence-electron chi connectivity index (χ1n) is 7.16. The van der Waals surface area contributed by atoms with E-state index < -0.39 is 60.4 Å². The van der Waals surface area contributed by atoms with Gasteiger partial charge in [-0.3, -0.25) is 4.79 Å². The van der Waals surface area contributed by atoms with Crippen molar-refractivity contribution >= 4 is 23.8 Å². The number of carbonyl (C=O) groups excluding carboxylic acids is 1. The third kappa shape index (κ3) is 7.68. The minimum Gasteiger partial charge on any atom is -0.481 e. The van der Waals surface area contributed by atoms with Crippen molar-refractivity contribution in [3.05, 3.63) is 0 Å². The second kappa shape index (κ2) is 9.87. The lowest BCUT2D eigenvalue weighted by Crippen LogP contribution is -2.63. The highest BCUT2D eigenvalue weighted by atomic mass is 16.4. The Hall–Kier alpha value is -2.04. The van der Waals surface area contributed by atoms with E-state index in [2.05, 4.69) is 0 Å². The minimum absolute atomic E-state index is 0.225. The molecule has 0 aromatic carbocycles. The molecule has 23 heavy (non-hydrogen) atoms. The number of carboxylic acid groups (broad SMARTS) is 3. The zero-order valence-corrected chi connectivity index (χ0v) is 12.8. The van der Waals surface area contributed by atoms with Crippen LogP contribution in [0.5, 0.6) is 0 Å². The van der Waals surface area contributed by atoms with E-state index in [1.54, 1.807) is 0 Å². The molecule has 10 heteroatoms. The number of unbranched alkanes of at least 4 members (excludes halogenated alkanes) is 1. The number of nitrogens with two attached hydrogens (primary N) is 2. The number of quaternary nitrogens is 1. The van der Waals surface area contributed by atoms with Gasteiger partial charge in [0.1, 0.15) is 6.04 Å². The third-order valence-electron chi connectivity index (χ3n) is 3.38. The molecular formula is C13H24N3O7+. The average molecular weight is 334 g/mol. The second-order valence-corrected chi connectivity index (χ2v) is 5.35. The van der Waals surface area contributed by atoms with Crippen LogP contribution in [0.15, 0.2) is 0 Å². The maximum absolute atomic E-state index is 12.5. The van der Waals surface area contributed by atoms with Gasteiger partial charge in [-0.15, -0.1) is 0 Å². The Morgan fingerprint density at radius 3 is 1.83 bits per heavy atom. The number of aliphatic carboxylic acids is 3. The molecule has 0 heterocycles. The lowest BCUT2D eigenvalue weighted by molar-refractivity contribution is -0.840. The first kappa shape index (κ1) is 21.0. The molecule has 0 saturated heterocycles. The van der Waals surface area contributed by atoms with Crippen molar-refractivity contribution in [2.75, 3.05) is 26.2 Å². The fraction of sp³-hybridized carbons (Fsp3) is 0.692. The predicted octanol–water partition coefficient (Wildman–Crippen LogP) is -1.57. The van der Waals surface area contributed by atoms with Crippen LogP contribution in [0.25, 0.3) is 0 Å². The van der Waals surface area contributed by atoms with Gasteiger partial charge in [-0.25, -0.2) is 18.9 Å². The summed E-state index contributed by atoms with van der Waals surface area (Å²) in [4.78, 5) is 45.4. The molecule has 0 unspecified atom stereocenters. The number of hydrogen-bond donors (Lipinski definition) is 5. The summed E-state index contributed by atoms with van der Waals surface area (Å²) >= 11 is 0. The third-order valence-corrected chi connectivity index (χ3v) is 3.38. The molecule has 0 bridgehead atoms. The van der Waals surface area contributed by atoms with Crippen LogP contribution in [-0.2, 0) is 19.2 Å². The van der Waals surface area contributed by atoms with Gasteiger partial charge in [-0.05, 0) is 25.8 Å². The molecule has 0 aromatic rings. The summed E-state index contributed by atoms with van der Waals surface area (Å²) in [6.07, 6.45) is 0.834. The van der Waals surface area contributed by atoms with Crippen molar-refractivity contribution in [1.29, 1.82) is 0 Å². The first-order chi connectivity index (χ1) is 10.6. The van der Waals surface area contributed by atoms with E-state index in [4.69, 9.17) is 26.8 Å². The molecule has 0 spiro atoms. The highest BCUT2D eigenvalue weighted by Gasteiger charge is 2.44. The predicted molar refractivity (Wildman–Crippen MR) is 78.3 cm³/mol. The molecule has 0 radical (unpaired) electrons. The van der Waals surface area contributed by atoms with Crippen LogP contribution in [0.1, 0.15) is 25.7 Å².